The number of carbonyl (C=O) groups is 3. The molecule has 2 aromatic rings. The highest BCUT2D eigenvalue weighted by atomic mass is 32.2. The van der Waals surface area contributed by atoms with E-state index in [4.69, 9.17) is 9.47 Å². The highest BCUT2D eigenvalue weighted by Crippen LogP contribution is 2.44. The van der Waals surface area contributed by atoms with Gasteiger partial charge < -0.3 is 19.7 Å². The van der Waals surface area contributed by atoms with Crippen molar-refractivity contribution in [1.82, 2.24) is 10.2 Å². The topological polar surface area (TPSA) is 119 Å². The van der Waals surface area contributed by atoms with Crippen LogP contribution in [0.2, 0.25) is 0 Å². The van der Waals surface area contributed by atoms with Crippen molar-refractivity contribution in [2.75, 3.05) is 6.54 Å². The third-order valence-electron chi connectivity index (χ3n) is 5.89. The molecule has 3 atom stereocenters. The van der Waals surface area contributed by atoms with Crippen LogP contribution in [0, 0.1) is 5.82 Å². The number of benzene rings is 2. The quantitative estimate of drug-likeness (QED) is 0.525. The first kappa shape index (κ1) is 30.1. The molecule has 1 fully saturated rings. The molecule has 1 N–H and O–H groups in total. The van der Waals surface area contributed by atoms with Gasteiger partial charge in [-0.25, -0.2) is 22.4 Å². The molecule has 2 aromatic carbocycles. The van der Waals surface area contributed by atoms with Gasteiger partial charge in [0.1, 0.15) is 29.6 Å². The Labute approximate surface area is 228 Å². The number of sulfone groups is 1. The molecule has 39 heavy (non-hydrogen) atoms. The summed E-state index contributed by atoms with van der Waals surface area (Å²) in [7, 11) is -4.17. The first-order valence-electron chi connectivity index (χ1n) is 12.6. The second kappa shape index (κ2) is 11.3. The van der Waals surface area contributed by atoms with Gasteiger partial charge in [-0.1, -0.05) is 36.4 Å². The fourth-order valence-electron chi connectivity index (χ4n) is 4.44. The summed E-state index contributed by atoms with van der Waals surface area (Å²) in [5.41, 5.74) is -1.84. The molecule has 1 heterocycles. The number of alkyl carbamates (subject to hydrolysis) is 1. The van der Waals surface area contributed by atoms with Crippen LogP contribution in [-0.4, -0.2) is 60.3 Å². The van der Waals surface area contributed by atoms with Crippen LogP contribution in [0.3, 0.4) is 0 Å². The normalized spacial score (nSPS) is 19.9. The number of ether oxygens (including phenoxy) is 2. The molecule has 0 saturated carbocycles. The minimum Gasteiger partial charge on any atom is -0.458 e. The van der Waals surface area contributed by atoms with Crippen molar-refractivity contribution >= 4 is 27.8 Å². The number of likely N-dealkylation sites (tertiary alicyclic amines) is 1. The van der Waals surface area contributed by atoms with Crippen molar-refractivity contribution in [1.29, 1.82) is 0 Å². The van der Waals surface area contributed by atoms with Crippen LogP contribution in [0.15, 0.2) is 59.5 Å². The number of hydrogen-bond acceptors (Lipinski definition) is 7. The van der Waals surface area contributed by atoms with Gasteiger partial charge in [-0.3, -0.25) is 4.79 Å². The van der Waals surface area contributed by atoms with E-state index in [9.17, 15) is 22.8 Å². The van der Waals surface area contributed by atoms with Crippen molar-refractivity contribution in [2.45, 2.75) is 81.4 Å². The van der Waals surface area contributed by atoms with Crippen molar-refractivity contribution < 1.29 is 36.7 Å². The van der Waals surface area contributed by atoms with Gasteiger partial charge in [0.05, 0.1) is 16.2 Å². The molecular formula is C28H35FN2O7S. The molecule has 3 rings (SSSR count). The predicted molar refractivity (Wildman–Crippen MR) is 142 cm³/mol. The van der Waals surface area contributed by atoms with Gasteiger partial charge in [0.15, 0.2) is 9.84 Å². The molecule has 0 unspecified atom stereocenters. The molecule has 1 saturated heterocycles. The van der Waals surface area contributed by atoms with Crippen molar-refractivity contribution in [3.8, 4) is 0 Å². The van der Waals surface area contributed by atoms with Gasteiger partial charge in [0.2, 0.25) is 5.91 Å². The van der Waals surface area contributed by atoms with Crippen molar-refractivity contribution in [3.63, 3.8) is 0 Å². The Kier molecular flexibility index (Phi) is 8.74. The third-order valence-corrected chi connectivity index (χ3v) is 8.06. The van der Waals surface area contributed by atoms with E-state index in [-0.39, 0.29) is 16.9 Å². The molecule has 11 heteroatoms. The SMILES string of the molecule is CC(C)(C)OC(=O)NCC(=O)N1[C@@H](C(=O)OC(C)(C)C)C[C@H](S(=O)(=O)c2ccccc2)[C@H]1c1ccccc1F. The lowest BCUT2D eigenvalue weighted by molar-refractivity contribution is -0.164. The molecule has 0 spiro atoms. The maximum atomic E-state index is 15.2. The summed E-state index contributed by atoms with van der Waals surface area (Å²) in [5.74, 6) is -2.37. The monoisotopic (exact) mass is 562 g/mol. The van der Waals surface area contributed by atoms with E-state index in [1.165, 1.54) is 30.3 Å². The molecule has 0 bridgehead atoms. The lowest BCUT2D eigenvalue weighted by atomic mass is 10.0. The lowest BCUT2D eigenvalue weighted by Crippen LogP contribution is -2.49. The number of carbonyl (C=O) groups excluding carboxylic acids is 3. The van der Waals surface area contributed by atoms with Crippen molar-refractivity contribution in [2.24, 2.45) is 0 Å². The van der Waals surface area contributed by atoms with E-state index in [1.807, 2.05) is 0 Å². The Morgan fingerprint density at radius 2 is 1.49 bits per heavy atom. The lowest BCUT2D eigenvalue weighted by Gasteiger charge is -2.32. The van der Waals surface area contributed by atoms with E-state index in [1.54, 1.807) is 59.7 Å². The summed E-state index contributed by atoms with van der Waals surface area (Å²) >= 11 is 0. The number of esters is 1. The summed E-state index contributed by atoms with van der Waals surface area (Å²) in [4.78, 5) is 40.2. The zero-order chi connectivity index (χ0) is 29.2. The molecular weight excluding hydrogens is 527 g/mol. The fraction of sp³-hybridized carbons (Fsp3) is 0.464. The zero-order valence-corrected chi connectivity index (χ0v) is 23.8. The minimum atomic E-state index is -4.17. The summed E-state index contributed by atoms with van der Waals surface area (Å²) in [5, 5.41) is 0.973. The maximum Gasteiger partial charge on any atom is 0.408 e. The Morgan fingerprint density at radius 3 is 2.05 bits per heavy atom. The van der Waals surface area contributed by atoms with Gasteiger partial charge in [0.25, 0.3) is 0 Å². The molecule has 1 aliphatic heterocycles. The van der Waals surface area contributed by atoms with Gasteiger partial charge in [-0.05, 0) is 66.2 Å². The number of rotatable bonds is 6. The molecule has 9 nitrogen and oxygen atoms in total. The smallest absolute Gasteiger partial charge is 0.408 e. The standard InChI is InChI=1S/C28H35FN2O7S/c1-27(2,3)37-25(33)21-16-22(39(35,36)18-12-8-7-9-13-18)24(19-14-10-11-15-20(19)29)31(21)23(32)17-30-26(34)38-28(4,5)6/h7-15,21-22,24H,16-17H2,1-6H3,(H,30,34)/t21-,22+,24-/m1/s1. The van der Waals surface area contributed by atoms with E-state index in [2.05, 4.69) is 5.32 Å². The maximum absolute atomic E-state index is 15.2. The number of nitrogens with zero attached hydrogens (tertiary/aromatic N) is 1. The Hall–Kier alpha value is -3.47. The second-order valence-electron chi connectivity index (χ2n) is 11.3. The Morgan fingerprint density at radius 1 is 0.923 bits per heavy atom. The molecule has 0 aromatic heterocycles. The first-order valence-corrected chi connectivity index (χ1v) is 14.1. The predicted octanol–water partition coefficient (Wildman–Crippen LogP) is 4.18. The number of halogens is 1. The average Bonchev–Trinajstić information content (AvgIpc) is 3.23. The third kappa shape index (κ3) is 7.35. The number of amides is 2. The molecule has 1 aliphatic rings. The van der Waals surface area contributed by atoms with E-state index in [0.717, 1.165) is 11.0 Å². The minimum absolute atomic E-state index is 0.0274. The summed E-state index contributed by atoms with van der Waals surface area (Å²) in [6, 6.07) is 10.4. The molecule has 0 aliphatic carbocycles. The summed E-state index contributed by atoms with van der Waals surface area (Å²) in [6.07, 6.45) is -1.21. The van der Waals surface area contributed by atoms with Gasteiger partial charge in [0, 0.05) is 5.56 Å². The van der Waals surface area contributed by atoms with Crippen LogP contribution >= 0.6 is 0 Å². The molecule has 0 radical (unpaired) electrons. The van der Waals surface area contributed by atoms with Crippen LogP contribution < -0.4 is 5.32 Å². The molecule has 212 valence electrons. The fourth-order valence-corrected chi connectivity index (χ4v) is 6.38. The van der Waals surface area contributed by atoms with Crippen molar-refractivity contribution in [3.05, 3.63) is 66.0 Å². The highest BCUT2D eigenvalue weighted by molar-refractivity contribution is 7.92. The van der Waals surface area contributed by atoms with E-state index < -0.39 is 68.7 Å². The van der Waals surface area contributed by atoms with Crippen LogP contribution in [0.25, 0.3) is 0 Å². The molecule has 2 amide bonds. The van der Waals surface area contributed by atoms with Gasteiger partial charge in [-0.2, -0.15) is 0 Å². The second-order valence-corrected chi connectivity index (χ2v) is 13.5. The zero-order valence-electron chi connectivity index (χ0n) is 22.9. The largest absolute Gasteiger partial charge is 0.458 e. The Bertz CT molecular complexity index is 1320. The van der Waals surface area contributed by atoms with Gasteiger partial charge >= 0.3 is 12.1 Å². The van der Waals surface area contributed by atoms with E-state index in [0.29, 0.717) is 0 Å². The summed E-state index contributed by atoms with van der Waals surface area (Å²) < 4.78 is 53.7. The van der Waals surface area contributed by atoms with Crippen LogP contribution in [-0.2, 0) is 28.9 Å². The van der Waals surface area contributed by atoms with Crippen LogP contribution in [0.1, 0.15) is 59.6 Å². The highest BCUT2D eigenvalue weighted by Gasteiger charge is 2.54. The van der Waals surface area contributed by atoms with E-state index >= 15 is 4.39 Å². The average molecular weight is 563 g/mol. The van der Waals surface area contributed by atoms with Crippen LogP contribution in [0.5, 0.6) is 0 Å². The first-order chi connectivity index (χ1) is 18.0. The Balaban J connectivity index is 2.11. The van der Waals surface area contributed by atoms with Gasteiger partial charge in [-0.15, -0.1) is 0 Å². The number of hydrogen-bond donors (Lipinski definition) is 1. The summed E-state index contributed by atoms with van der Waals surface area (Å²) in [6.45, 7) is 9.27. The number of nitrogens with one attached hydrogen (secondary N) is 1. The van der Waals surface area contributed by atoms with Crippen LogP contribution in [0.4, 0.5) is 9.18 Å².